The van der Waals surface area contributed by atoms with Gasteiger partial charge in [-0.15, -0.1) is 0 Å². The van der Waals surface area contributed by atoms with Crippen molar-refractivity contribution >= 4 is 12.0 Å². The summed E-state index contributed by atoms with van der Waals surface area (Å²) in [5, 5.41) is 0. The number of aryl methyl sites for hydroxylation is 1. The molecule has 0 spiro atoms. The highest BCUT2D eigenvalue weighted by atomic mass is 16.2. The Bertz CT molecular complexity index is 712. The number of amides is 1. The zero-order valence-corrected chi connectivity index (χ0v) is 13.7. The highest BCUT2D eigenvalue weighted by molar-refractivity contribution is 5.99. The third-order valence-corrected chi connectivity index (χ3v) is 4.34. The van der Waals surface area contributed by atoms with Crippen LogP contribution in [0.15, 0.2) is 36.1 Å². The minimum atomic E-state index is 0.146. The van der Waals surface area contributed by atoms with E-state index in [1.54, 1.807) is 0 Å². The fourth-order valence-electron chi connectivity index (χ4n) is 2.88. The summed E-state index contributed by atoms with van der Waals surface area (Å²) in [6.45, 7) is 5.43. The van der Waals surface area contributed by atoms with E-state index in [1.807, 2.05) is 55.2 Å². The van der Waals surface area contributed by atoms with Gasteiger partial charge in [-0.2, -0.15) is 0 Å². The molecule has 4 nitrogen and oxygen atoms in total. The third-order valence-electron chi connectivity index (χ3n) is 4.34. The van der Waals surface area contributed by atoms with Gasteiger partial charge in [0.1, 0.15) is 0 Å². The van der Waals surface area contributed by atoms with Gasteiger partial charge in [-0.05, 0) is 56.4 Å². The van der Waals surface area contributed by atoms with Gasteiger partial charge in [-0.1, -0.05) is 18.2 Å². The van der Waals surface area contributed by atoms with Crippen LogP contribution in [0, 0.1) is 12.8 Å². The van der Waals surface area contributed by atoms with Crippen molar-refractivity contribution in [3.05, 3.63) is 58.6 Å². The maximum atomic E-state index is 12.5. The van der Waals surface area contributed by atoms with Crippen molar-refractivity contribution in [3.8, 4) is 0 Å². The number of pyridine rings is 1. The van der Waals surface area contributed by atoms with Crippen molar-refractivity contribution in [1.82, 2.24) is 9.88 Å². The van der Waals surface area contributed by atoms with E-state index in [0.717, 1.165) is 41.3 Å². The summed E-state index contributed by atoms with van der Waals surface area (Å²) < 4.78 is 0. The molecular weight excluding hydrogens is 286 g/mol. The fraction of sp³-hybridized carbons (Fsp3) is 0.368. The Labute approximate surface area is 137 Å². The van der Waals surface area contributed by atoms with Gasteiger partial charge in [0.25, 0.3) is 5.91 Å². The molecule has 2 N–H and O–H groups in total. The van der Waals surface area contributed by atoms with Crippen molar-refractivity contribution < 1.29 is 4.79 Å². The lowest BCUT2D eigenvalue weighted by atomic mass is 10.1. The predicted molar refractivity (Wildman–Crippen MR) is 92.6 cm³/mol. The van der Waals surface area contributed by atoms with Crippen LogP contribution in [0.1, 0.15) is 47.1 Å². The van der Waals surface area contributed by atoms with E-state index in [-0.39, 0.29) is 5.91 Å². The molecule has 1 amide bonds. The van der Waals surface area contributed by atoms with Crippen LogP contribution in [0.5, 0.6) is 0 Å². The SMILES string of the molecule is C\C=C(N)/C=C\C=C\c1cc2c(c(C)n1)C(=O)N(CC1CC1)C2. The topological polar surface area (TPSA) is 59.2 Å². The van der Waals surface area contributed by atoms with Crippen molar-refractivity contribution in [2.75, 3.05) is 6.54 Å². The summed E-state index contributed by atoms with van der Waals surface area (Å²) in [5.41, 5.74) is 10.0. The molecule has 0 bridgehead atoms. The summed E-state index contributed by atoms with van der Waals surface area (Å²) >= 11 is 0. The molecule has 1 aromatic rings. The molecule has 0 atom stereocenters. The molecule has 120 valence electrons. The molecule has 4 heteroatoms. The number of rotatable bonds is 5. The zero-order chi connectivity index (χ0) is 16.4. The van der Waals surface area contributed by atoms with E-state index in [9.17, 15) is 4.79 Å². The van der Waals surface area contributed by atoms with Crippen molar-refractivity contribution in [1.29, 1.82) is 0 Å². The summed E-state index contributed by atoms with van der Waals surface area (Å²) in [7, 11) is 0. The van der Waals surface area contributed by atoms with E-state index >= 15 is 0 Å². The normalized spacial score (nSPS) is 18.4. The molecule has 0 unspecified atom stereocenters. The van der Waals surface area contributed by atoms with Gasteiger partial charge in [0.15, 0.2) is 0 Å². The first-order valence-corrected chi connectivity index (χ1v) is 8.15. The first-order chi connectivity index (χ1) is 11.1. The number of hydrogen-bond acceptors (Lipinski definition) is 3. The third kappa shape index (κ3) is 3.52. The number of nitrogens with two attached hydrogens (primary N) is 1. The van der Waals surface area contributed by atoms with E-state index < -0.39 is 0 Å². The van der Waals surface area contributed by atoms with Crippen molar-refractivity contribution in [2.24, 2.45) is 11.7 Å². The Morgan fingerprint density at radius 1 is 1.43 bits per heavy atom. The second-order valence-corrected chi connectivity index (χ2v) is 6.30. The Morgan fingerprint density at radius 3 is 2.91 bits per heavy atom. The molecule has 0 radical (unpaired) electrons. The minimum absolute atomic E-state index is 0.146. The second-order valence-electron chi connectivity index (χ2n) is 6.30. The van der Waals surface area contributed by atoms with E-state index in [1.165, 1.54) is 12.8 Å². The summed E-state index contributed by atoms with van der Waals surface area (Å²) in [5.74, 6) is 0.858. The predicted octanol–water partition coefficient (Wildman–Crippen LogP) is 3.19. The molecular formula is C19H23N3O. The molecule has 1 aliphatic carbocycles. The molecule has 0 aromatic carbocycles. The van der Waals surface area contributed by atoms with Crippen molar-refractivity contribution in [2.45, 2.75) is 33.2 Å². The Hall–Kier alpha value is -2.36. The number of fused-ring (bicyclic) bond motifs is 1. The highest BCUT2D eigenvalue weighted by Crippen LogP contribution is 2.33. The number of allylic oxidation sites excluding steroid dienone is 4. The van der Waals surface area contributed by atoms with Crippen molar-refractivity contribution in [3.63, 3.8) is 0 Å². The van der Waals surface area contributed by atoms with Gasteiger partial charge in [0.05, 0.1) is 17.0 Å². The monoisotopic (exact) mass is 309 g/mol. The maximum Gasteiger partial charge on any atom is 0.256 e. The lowest BCUT2D eigenvalue weighted by Crippen LogP contribution is -2.26. The average Bonchev–Trinajstić information content (AvgIpc) is 3.28. The van der Waals surface area contributed by atoms with Crippen LogP contribution >= 0.6 is 0 Å². The van der Waals surface area contributed by atoms with Crippen LogP contribution < -0.4 is 5.73 Å². The Morgan fingerprint density at radius 2 is 2.22 bits per heavy atom. The molecule has 2 heterocycles. The molecule has 1 fully saturated rings. The van der Waals surface area contributed by atoms with E-state index in [0.29, 0.717) is 5.92 Å². The van der Waals surface area contributed by atoms with Gasteiger partial charge in [0.2, 0.25) is 0 Å². The molecule has 2 aliphatic rings. The largest absolute Gasteiger partial charge is 0.399 e. The lowest BCUT2D eigenvalue weighted by Gasteiger charge is -2.14. The van der Waals surface area contributed by atoms with E-state index in [2.05, 4.69) is 4.98 Å². The standard InChI is InChI=1S/C19H23N3O/c1-3-16(20)6-4-5-7-17-10-15-12-22(11-14-8-9-14)19(23)18(15)13(2)21-17/h3-7,10,14H,8-9,11-12,20H2,1-2H3/b6-4-,7-5+,16-3+. The molecule has 1 saturated carbocycles. The van der Waals surface area contributed by atoms with Gasteiger partial charge in [-0.3, -0.25) is 9.78 Å². The van der Waals surface area contributed by atoms with Gasteiger partial charge >= 0.3 is 0 Å². The lowest BCUT2D eigenvalue weighted by molar-refractivity contribution is 0.0770. The highest BCUT2D eigenvalue weighted by Gasteiger charge is 2.34. The maximum absolute atomic E-state index is 12.5. The average molecular weight is 309 g/mol. The number of nitrogens with zero attached hydrogens (tertiary/aromatic N) is 2. The van der Waals surface area contributed by atoms with Crippen LogP contribution in [-0.2, 0) is 6.54 Å². The molecule has 3 rings (SSSR count). The zero-order valence-electron chi connectivity index (χ0n) is 13.7. The molecule has 1 aromatic heterocycles. The van der Waals surface area contributed by atoms with Gasteiger partial charge in [-0.25, -0.2) is 0 Å². The summed E-state index contributed by atoms with van der Waals surface area (Å²) in [4.78, 5) is 19.0. The molecule has 23 heavy (non-hydrogen) atoms. The van der Waals surface area contributed by atoms with Crippen LogP contribution in [0.25, 0.3) is 6.08 Å². The Kier molecular flexibility index (Phi) is 4.33. The fourth-order valence-corrected chi connectivity index (χ4v) is 2.88. The van der Waals surface area contributed by atoms with Crippen LogP contribution in [0.2, 0.25) is 0 Å². The van der Waals surface area contributed by atoms with Crippen LogP contribution in [0.3, 0.4) is 0 Å². The minimum Gasteiger partial charge on any atom is -0.399 e. The van der Waals surface area contributed by atoms with Crippen LogP contribution in [-0.4, -0.2) is 22.3 Å². The number of carbonyl (C=O) groups excluding carboxylic acids is 1. The van der Waals surface area contributed by atoms with Gasteiger partial charge in [0, 0.05) is 18.8 Å². The number of aromatic nitrogens is 1. The summed E-state index contributed by atoms with van der Waals surface area (Å²) in [6, 6.07) is 2.02. The Balaban J connectivity index is 1.76. The smallest absolute Gasteiger partial charge is 0.256 e. The quantitative estimate of drug-likeness (QED) is 0.850. The second kappa shape index (κ2) is 6.41. The summed E-state index contributed by atoms with van der Waals surface area (Å²) in [6.07, 6.45) is 12.0. The van der Waals surface area contributed by atoms with Gasteiger partial charge < -0.3 is 10.6 Å². The van der Waals surface area contributed by atoms with E-state index in [4.69, 9.17) is 5.73 Å². The number of hydrogen-bond donors (Lipinski definition) is 1. The number of carbonyl (C=O) groups is 1. The molecule has 1 aliphatic heterocycles. The molecule has 0 saturated heterocycles. The van der Waals surface area contributed by atoms with Crippen LogP contribution in [0.4, 0.5) is 0 Å². The first kappa shape index (κ1) is 15.5. The first-order valence-electron chi connectivity index (χ1n) is 8.15.